The van der Waals surface area contributed by atoms with Gasteiger partial charge in [0.15, 0.2) is 0 Å². The number of ether oxygens (including phenoxy) is 1. The van der Waals surface area contributed by atoms with Crippen molar-refractivity contribution in [1.82, 2.24) is 4.31 Å². The van der Waals surface area contributed by atoms with E-state index in [4.69, 9.17) is 4.74 Å². The van der Waals surface area contributed by atoms with E-state index in [2.05, 4.69) is 27.9 Å². The number of carbonyl (C=O) groups excluding carboxylic acids is 1. The van der Waals surface area contributed by atoms with Gasteiger partial charge in [-0.2, -0.15) is 4.31 Å². The van der Waals surface area contributed by atoms with E-state index >= 15 is 0 Å². The molecule has 0 unspecified atom stereocenters. The van der Waals surface area contributed by atoms with Crippen LogP contribution in [0.25, 0.3) is 0 Å². The van der Waals surface area contributed by atoms with Crippen LogP contribution in [0.4, 0.5) is 5.69 Å². The Morgan fingerprint density at radius 2 is 1.77 bits per heavy atom. The zero-order valence-corrected chi connectivity index (χ0v) is 17.2. The smallest absolute Gasteiger partial charge is 0.255 e. The molecule has 0 bridgehead atoms. The number of methoxy groups -OCH3 is 1. The highest BCUT2D eigenvalue weighted by Crippen LogP contribution is 2.30. The second kappa shape index (κ2) is 7.93. The number of sulfonamides is 1. The Kier molecular flexibility index (Phi) is 5.83. The Labute approximate surface area is 166 Å². The minimum Gasteiger partial charge on any atom is -0.495 e. The molecular formula is C18H19IN2O4S. The molecule has 0 radical (unpaired) electrons. The third-order valence-electron chi connectivity index (χ3n) is 4.21. The van der Waals surface area contributed by atoms with E-state index in [1.54, 1.807) is 18.2 Å². The normalized spacial score (nSPS) is 15.0. The Hall–Kier alpha value is -1.65. The van der Waals surface area contributed by atoms with Crippen LogP contribution in [0.3, 0.4) is 0 Å². The van der Waals surface area contributed by atoms with Gasteiger partial charge in [0.25, 0.3) is 5.91 Å². The van der Waals surface area contributed by atoms with Crippen molar-refractivity contribution in [1.29, 1.82) is 0 Å². The standard InChI is InChI=1S/C18H19IN2O4S/c1-25-16-9-4-13(18(22)20-15-7-5-14(19)6-8-15)12-17(16)26(23,24)21-10-2-3-11-21/h4-9,12H,2-3,10-11H2,1H3,(H,20,22). The van der Waals surface area contributed by atoms with Crippen LogP contribution >= 0.6 is 22.6 Å². The lowest BCUT2D eigenvalue weighted by Gasteiger charge is -2.18. The van der Waals surface area contributed by atoms with Gasteiger partial charge in [0.2, 0.25) is 10.0 Å². The van der Waals surface area contributed by atoms with Crippen LogP contribution in [-0.2, 0) is 10.0 Å². The van der Waals surface area contributed by atoms with Gasteiger partial charge in [0, 0.05) is 27.9 Å². The Morgan fingerprint density at radius 3 is 2.38 bits per heavy atom. The fourth-order valence-electron chi connectivity index (χ4n) is 2.82. The Bertz CT molecular complexity index is 907. The first kappa shape index (κ1) is 19.1. The molecule has 3 rings (SSSR count). The number of carbonyl (C=O) groups is 1. The largest absolute Gasteiger partial charge is 0.495 e. The summed E-state index contributed by atoms with van der Waals surface area (Å²) in [6.07, 6.45) is 1.68. The maximum Gasteiger partial charge on any atom is 0.255 e. The maximum atomic E-state index is 12.9. The van der Waals surface area contributed by atoms with Gasteiger partial charge in [0.05, 0.1) is 7.11 Å². The average Bonchev–Trinajstić information content (AvgIpc) is 3.18. The summed E-state index contributed by atoms with van der Waals surface area (Å²) in [5, 5.41) is 2.78. The first-order chi connectivity index (χ1) is 12.4. The highest BCUT2D eigenvalue weighted by Gasteiger charge is 2.30. The van der Waals surface area contributed by atoms with E-state index < -0.39 is 10.0 Å². The maximum absolute atomic E-state index is 12.9. The number of amides is 1. The van der Waals surface area contributed by atoms with Crippen LogP contribution in [0.5, 0.6) is 5.75 Å². The van der Waals surface area contributed by atoms with Crippen molar-refractivity contribution in [2.75, 3.05) is 25.5 Å². The molecule has 1 aliphatic heterocycles. The second-order valence-electron chi connectivity index (χ2n) is 5.94. The summed E-state index contributed by atoms with van der Waals surface area (Å²) >= 11 is 2.18. The number of benzene rings is 2. The number of anilines is 1. The van der Waals surface area contributed by atoms with Gasteiger partial charge in [-0.25, -0.2) is 8.42 Å². The molecule has 1 heterocycles. The number of rotatable bonds is 5. The van der Waals surface area contributed by atoms with Crippen molar-refractivity contribution in [2.24, 2.45) is 0 Å². The molecule has 1 N–H and O–H groups in total. The van der Waals surface area contributed by atoms with Crippen LogP contribution in [0.2, 0.25) is 0 Å². The zero-order chi connectivity index (χ0) is 18.7. The van der Waals surface area contributed by atoms with E-state index in [1.807, 2.05) is 12.1 Å². The minimum atomic E-state index is -3.69. The molecule has 2 aromatic rings. The van der Waals surface area contributed by atoms with Crippen molar-refractivity contribution in [3.05, 3.63) is 51.6 Å². The van der Waals surface area contributed by atoms with Crippen LogP contribution in [0.15, 0.2) is 47.4 Å². The van der Waals surface area contributed by atoms with Crippen LogP contribution in [0.1, 0.15) is 23.2 Å². The molecule has 0 aliphatic carbocycles. The number of halogens is 1. The highest BCUT2D eigenvalue weighted by atomic mass is 127. The lowest BCUT2D eigenvalue weighted by atomic mass is 10.2. The third-order valence-corrected chi connectivity index (χ3v) is 6.85. The van der Waals surface area contributed by atoms with Crippen molar-refractivity contribution >= 4 is 44.2 Å². The quantitative estimate of drug-likeness (QED) is 0.659. The highest BCUT2D eigenvalue weighted by molar-refractivity contribution is 14.1. The summed E-state index contributed by atoms with van der Waals surface area (Å²) in [4.78, 5) is 12.6. The lowest BCUT2D eigenvalue weighted by molar-refractivity contribution is 0.102. The molecule has 0 spiro atoms. The fraction of sp³-hybridized carbons (Fsp3) is 0.278. The summed E-state index contributed by atoms with van der Waals surface area (Å²) in [5.41, 5.74) is 0.914. The number of nitrogens with zero attached hydrogens (tertiary/aromatic N) is 1. The molecule has 0 saturated carbocycles. The molecule has 2 aromatic carbocycles. The second-order valence-corrected chi connectivity index (χ2v) is 9.09. The van der Waals surface area contributed by atoms with Gasteiger partial charge in [-0.15, -0.1) is 0 Å². The predicted octanol–water partition coefficient (Wildman–Crippen LogP) is 3.34. The molecule has 138 valence electrons. The van der Waals surface area contributed by atoms with Crippen molar-refractivity contribution in [3.8, 4) is 5.75 Å². The molecule has 0 aromatic heterocycles. The summed E-state index contributed by atoms with van der Waals surface area (Å²) in [5.74, 6) is -0.130. The first-order valence-electron chi connectivity index (χ1n) is 8.17. The van der Waals surface area contributed by atoms with Gasteiger partial charge >= 0.3 is 0 Å². The third kappa shape index (κ3) is 4.02. The monoisotopic (exact) mass is 486 g/mol. The number of hydrogen-bond acceptors (Lipinski definition) is 4. The molecule has 1 amide bonds. The Balaban J connectivity index is 1.91. The van der Waals surface area contributed by atoms with Gasteiger partial charge < -0.3 is 10.1 Å². The number of nitrogens with one attached hydrogen (secondary N) is 1. The molecule has 26 heavy (non-hydrogen) atoms. The van der Waals surface area contributed by atoms with E-state index in [-0.39, 0.29) is 22.1 Å². The molecule has 8 heteroatoms. The van der Waals surface area contributed by atoms with E-state index in [1.165, 1.54) is 23.5 Å². The first-order valence-corrected chi connectivity index (χ1v) is 10.7. The molecule has 1 saturated heterocycles. The van der Waals surface area contributed by atoms with Crippen molar-refractivity contribution in [3.63, 3.8) is 0 Å². The minimum absolute atomic E-state index is 0.0251. The summed E-state index contributed by atoms with van der Waals surface area (Å²) < 4.78 is 33.5. The summed E-state index contributed by atoms with van der Waals surface area (Å²) in [6.45, 7) is 0.981. The van der Waals surface area contributed by atoms with Gasteiger partial charge in [-0.3, -0.25) is 4.79 Å². The average molecular weight is 486 g/mol. The topological polar surface area (TPSA) is 75.7 Å². The molecule has 1 fully saturated rings. The van der Waals surface area contributed by atoms with E-state index in [0.717, 1.165) is 16.4 Å². The van der Waals surface area contributed by atoms with Crippen LogP contribution in [-0.4, -0.2) is 38.8 Å². The van der Waals surface area contributed by atoms with Crippen molar-refractivity contribution < 1.29 is 17.9 Å². The van der Waals surface area contributed by atoms with E-state index in [0.29, 0.717) is 18.8 Å². The fourth-order valence-corrected chi connectivity index (χ4v) is 4.88. The zero-order valence-electron chi connectivity index (χ0n) is 14.2. The van der Waals surface area contributed by atoms with Gasteiger partial charge in [-0.05, 0) is 77.9 Å². The van der Waals surface area contributed by atoms with Gasteiger partial charge in [-0.1, -0.05) is 0 Å². The predicted molar refractivity (Wildman–Crippen MR) is 108 cm³/mol. The van der Waals surface area contributed by atoms with Gasteiger partial charge in [0.1, 0.15) is 10.6 Å². The van der Waals surface area contributed by atoms with E-state index in [9.17, 15) is 13.2 Å². The molecular weight excluding hydrogens is 467 g/mol. The summed E-state index contributed by atoms with van der Waals surface area (Å²) in [7, 11) is -2.27. The lowest BCUT2D eigenvalue weighted by Crippen LogP contribution is -2.28. The molecule has 6 nitrogen and oxygen atoms in total. The SMILES string of the molecule is COc1ccc(C(=O)Nc2ccc(I)cc2)cc1S(=O)(=O)N1CCCC1. The molecule has 1 aliphatic rings. The van der Waals surface area contributed by atoms with Crippen LogP contribution in [0, 0.1) is 3.57 Å². The summed E-state index contributed by atoms with van der Waals surface area (Å²) in [6, 6.07) is 11.8. The molecule has 0 atom stereocenters. The van der Waals surface area contributed by atoms with Crippen molar-refractivity contribution in [2.45, 2.75) is 17.7 Å². The Morgan fingerprint density at radius 1 is 1.12 bits per heavy atom. The number of hydrogen-bond donors (Lipinski definition) is 1. The van der Waals surface area contributed by atoms with Crippen LogP contribution < -0.4 is 10.1 Å².